The number of aliphatic hydroxyl groups is 1. The van der Waals surface area contributed by atoms with Crippen LogP contribution in [0, 0.1) is 11.8 Å². The number of cyclic esters (lactones) is 1. The number of aliphatic hydroxyl groups excluding tert-OH is 1. The van der Waals surface area contributed by atoms with Gasteiger partial charge in [-0.05, 0) is 37.6 Å². The van der Waals surface area contributed by atoms with Crippen LogP contribution in [-0.2, 0) is 19.1 Å². The monoisotopic (exact) mass is 488 g/mol. The highest BCUT2D eigenvalue weighted by atomic mass is 35.5. The summed E-state index contributed by atoms with van der Waals surface area (Å²) in [6.07, 6.45) is 8.42. The maximum absolute atomic E-state index is 14.1. The predicted molar refractivity (Wildman–Crippen MR) is 126 cm³/mol. The highest BCUT2D eigenvalue weighted by molar-refractivity contribution is 8.02. The van der Waals surface area contributed by atoms with Gasteiger partial charge in [0.15, 0.2) is 0 Å². The Labute approximate surface area is 201 Å². The first-order valence-corrected chi connectivity index (χ1v) is 12.3. The standard InChI is InChI=1S/C24H25ClN2O5S/c1-14(13-28)27-20-22(30)26(16-8-6-15(25)7-9-16)11-4-10-24(20)19(21(27)29)18-17(33-24)5-2-3-12-32-23(18)31/h2,4-10,14,17-20,28H,3,11-13H2,1H3/t14-,17+,18-,19+,20?,24+/m1/s1. The maximum atomic E-state index is 14.1. The van der Waals surface area contributed by atoms with Crippen molar-refractivity contribution in [2.75, 3.05) is 24.7 Å². The Morgan fingerprint density at radius 2 is 1.97 bits per heavy atom. The number of carbonyl (C=O) groups is 3. The van der Waals surface area contributed by atoms with Gasteiger partial charge in [-0.15, -0.1) is 11.8 Å². The van der Waals surface area contributed by atoms with Crippen LogP contribution in [0.1, 0.15) is 13.3 Å². The van der Waals surface area contributed by atoms with Crippen molar-refractivity contribution < 1.29 is 24.2 Å². The Morgan fingerprint density at radius 1 is 1.21 bits per heavy atom. The van der Waals surface area contributed by atoms with Crippen LogP contribution in [0.3, 0.4) is 0 Å². The summed E-state index contributed by atoms with van der Waals surface area (Å²) in [6.45, 7) is 2.04. The molecule has 0 saturated carbocycles. The van der Waals surface area contributed by atoms with Gasteiger partial charge in [-0.25, -0.2) is 0 Å². The Bertz CT molecular complexity index is 1040. The summed E-state index contributed by atoms with van der Waals surface area (Å²) in [6, 6.07) is 5.56. The van der Waals surface area contributed by atoms with E-state index in [1.807, 2.05) is 24.3 Å². The second kappa shape index (κ2) is 8.49. The van der Waals surface area contributed by atoms with Crippen LogP contribution in [0.15, 0.2) is 48.6 Å². The van der Waals surface area contributed by atoms with Crippen molar-refractivity contribution in [3.8, 4) is 0 Å². The summed E-state index contributed by atoms with van der Waals surface area (Å²) in [7, 11) is 0. The van der Waals surface area contributed by atoms with E-state index >= 15 is 0 Å². The molecule has 4 heterocycles. The zero-order valence-electron chi connectivity index (χ0n) is 18.1. The zero-order valence-corrected chi connectivity index (χ0v) is 19.7. The molecule has 0 radical (unpaired) electrons. The van der Waals surface area contributed by atoms with Crippen LogP contribution >= 0.6 is 23.4 Å². The van der Waals surface area contributed by atoms with Crippen LogP contribution < -0.4 is 4.90 Å². The molecule has 1 unspecified atom stereocenters. The van der Waals surface area contributed by atoms with Crippen molar-refractivity contribution in [3.63, 3.8) is 0 Å². The minimum atomic E-state index is -0.929. The summed E-state index contributed by atoms with van der Waals surface area (Å²) < 4.78 is 4.53. The van der Waals surface area contributed by atoms with E-state index in [1.165, 1.54) is 16.7 Å². The predicted octanol–water partition coefficient (Wildman–Crippen LogP) is 2.42. The maximum Gasteiger partial charge on any atom is 0.311 e. The van der Waals surface area contributed by atoms with E-state index in [4.69, 9.17) is 16.3 Å². The quantitative estimate of drug-likeness (QED) is 0.519. The second-order valence-corrected chi connectivity index (χ2v) is 10.8. The zero-order chi connectivity index (χ0) is 23.3. The fourth-order valence-electron chi connectivity index (χ4n) is 5.46. The largest absolute Gasteiger partial charge is 0.465 e. The number of halogens is 1. The molecule has 7 nitrogen and oxygen atoms in total. The molecule has 4 aliphatic heterocycles. The molecule has 4 aliphatic rings. The summed E-state index contributed by atoms with van der Waals surface area (Å²) in [5, 5.41) is 10.2. The van der Waals surface area contributed by atoms with Gasteiger partial charge < -0.3 is 19.6 Å². The summed E-state index contributed by atoms with van der Waals surface area (Å²) in [5.41, 5.74) is 0.673. The molecule has 5 rings (SSSR count). The second-order valence-electron chi connectivity index (χ2n) is 8.83. The topological polar surface area (TPSA) is 87.2 Å². The molecule has 6 atom stereocenters. The van der Waals surface area contributed by atoms with Gasteiger partial charge in [-0.3, -0.25) is 14.4 Å². The first-order valence-electron chi connectivity index (χ1n) is 11.1. The molecule has 1 N–H and O–H groups in total. The summed E-state index contributed by atoms with van der Waals surface area (Å²) in [4.78, 5) is 44.1. The van der Waals surface area contributed by atoms with Crippen molar-refractivity contribution in [1.82, 2.24) is 4.90 Å². The number of hydrogen-bond acceptors (Lipinski definition) is 6. The Morgan fingerprint density at radius 3 is 2.70 bits per heavy atom. The molecule has 33 heavy (non-hydrogen) atoms. The lowest BCUT2D eigenvalue weighted by Gasteiger charge is -2.37. The third-order valence-electron chi connectivity index (χ3n) is 6.94. The number of likely N-dealkylation sites (tertiary alicyclic amines) is 1. The van der Waals surface area contributed by atoms with E-state index in [2.05, 4.69) is 0 Å². The van der Waals surface area contributed by atoms with Crippen LogP contribution in [0.25, 0.3) is 0 Å². The van der Waals surface area contributed by atoms with Gasteiger partial charge in [0.2, 0.25) is 5.91 Å². The Hall–Kier alpha value is -2.29. The molecule has 9 heteroatoms. The van der Waals surface area contributed by atoms with Gasteiger partial charge >= 0.3 is 5.97 Å². The third kappa shape index (κ3) is 3.42. The van der Waals surface area contributed by atoms with Crippen LogP contribution in [-0.4, -0.2) is 69.6 Å². The normalized spacial score (nSPS) is 34.2. The van der Waals surface area contributed by atoms with E-state index in [0.29, 0.717) is 23.7 Å². The van der Waals surface area contributed by atoms with E-state index in [1.54, 1.807) is 36.1 Å². The number of nitrogens with zero attached hydrogens (tertiary/aromatic N) is 2. The first-order chi connectivity index (χ1) is 15.9. The molecule has 2 fully saturated rings. The van der Waals surface area contributed by atoms with Gasteiger partial charge in [-0.1, -0.05) is 35.9 Å². The van der Waals surface area contributed by atoms with Crippen molar-refractivity contribution in [1.29, 1.82) is 0 Å². The van der Waals surface area contributed by atoms with Crippen LogP contribution in [0.5, 0.6) is 0 Å². The molecule has 0 aromatic heterocycles. The highest BCUT2D eigenvalue weighted by Crippen LogP contribution is 2.61. The van der Waals surface area contributed by atoms with Crippen LogP contribution in [0.4, 0.5) is 5.69 Å². The van der Waals surface area contributed by atoms with Gasteiger partial charge in [-0.2, -0.15) is 0 Å². The number of hydrogen-bond donors (Lipinski definition) is 1. The molecule has 1 aromatic rings. The van der Waals surface area contributed by atoms with Gasteiger partial charge in [0.25, 0.3) is 5.91 Å². The molecule has 174 valence electrons. The molecule has 0 bridgehead atoms. The summed E-state index contributed by atoms with van der Waals surface area (Å²) in [5.74, 6) is -2.35. The lowest BCUT2D eigenvalue weighted by atomic mass is 9.78. The number of anilines is 1. The fourth-order valence-corrected chi connectivity index (χ4v) is 7.58. The molecule has 2 amide bonds. The molecule has 1 spiro atoms. The minimum Gasteiger partial charge on any atom is -0.465 e. The number of rotatable bonds is 3. The molecule has 0 aliphatic carbocycles. The van der Waals surface area contributed by atoms with E-state index in [-0.39, 0.29) is 30.3 Å². The van der Waals surface area contributed by atoms with Crippen molar-refractivity contribution in [2.24, 2.45) is 11.8 Å². The average molecular weight is 489 g/mol. The number of thioether (sulfide) groups is 1. The highest BCUT2D eigenvalue weighted by Gasteiger charge is 2.71. The molecule has 2 saturated heterocycles. The summed E-state index contributed by atoms with van der Waals surface area (Å²) >= 11 is 7.53. The van der Waals surface area contributed by atoms with E-state index < -0.39 is 34.6 Å². The number of amides is 2. The number of esters is 1. The lowest BCUT2D eigenvalue weighted by Crippen LogP contribution is -2.56. The first kappa shape index (κ1) is 22.5. The van der Waals surface area contributed by atoms with Crippen molar-refractivity contribution >= 4 is 46.8 Å². The number of carbonyl (C=O) groups excluding carboxylic acids is 3. The molecule has 1 aromatic carbocycles. The number of ether oxygens (including phenoxy) is 1. The minimum absolute atomic E-state index is 0.238. The third-order valence-corrected chi connectivity index (χ3v) is 8.93. The van der Waals surface area contributed by atoms with Crippen LogP contribution in [0.2, 0.25) is 5.02 Å². The molecular formula is C24H25ClN2O5S. The number of fused-ring (bicyclic) bond motifs is 2. The smallest absolute Gasteiger partial charge is 0.311 e. The van der Waals surface area contributed by atoms with Gasteiger partial charge in [0, 0.05) is 22.5 Å². The van der Waals surface area contributed by atoms with Crippen molar-refractivity contribution in [3.05, 3.63) is 53.6 Å². The van der Waals surface area contributed by atoms with E-state index in [9.17, 15) is 19.5 Å². The van der Waals surface area contributed by atoms with Crippen molar-refractivity contribution in [2.45, 2.75) is 35.4 Å². The van der Waals surface area contributed by atoms with Gasteiger partial charge in [0.1, 0.15) is 6.04 Å². The number of benzene rings is 1. The Balaban J connectivity index is 1.63. The fraction of sp³-hybridized carbons (Fsp3) is 0.458. The average Bonchev–Trinajstić information content (AvgIpc) is 3.18. The lowest BCUT2D eigenvalue weighted by molar-refractivity contribution is -0.153. The molecular weight excluding hydrogens is 464 g/mol. The SMILES string of the molecule is C[C@H](CO)N1C(=O)[C@@H]2[C@@H]3C(=O)OCCC=C[C@@H]3S[C@@]23C=CCN(c2ccc(Cl)cc2)C(=O)C13. The van der Waals surface area contributed by atoms with Gasteiger partial charge in [0.05, 0.1) is 35.8 Å². The Kier molecular flexibility index (Phi) is 5.79. The van der Waals surface area contributed by atoms with E-state index in [0.717, 1.165) is 0 Å².